The van der Waals surface area contributed by atoms with E-state index in [9.17, 15) is 9.59 Å². The smallest absolute Gasteiger partial charge is 0.410 e. The molecule has 1 aromatic carbocycles. The van der Waals surface area contributed by atoms with Crippen LogP contribution in [-0.2, 0) is 11.2 Å². The van der Waals surface area contributed by atoms with Gasteiger partial charge in [-0.15, -0.1) is 0 Å². The Morgan fingerprint density at radius 2 is 1.85 bits per heavy atom. The molecule has 0 radical (unpaired) electrons. The van der Waals surface area contributed by atoms with E-state index in [2.05, 4.69) is 18.3 Å². The Kier molecular flexibility index (Phi) is 5.63. The zero-order valence-electron chi connectivity index (χ0n) is 16.8. The van der Waals surface area contributed by atoms with Crippen LogP contribution in [0.25, 0.3) is 0 Å². The van der Waals surface area contributed by atoms with E-state index < -0.39 is 5.60 Å². The molecule has 1 saturated heterocycles. The van der Waals surface area contributed by atoms with Crippen LogP contribution in [0.4, 0.5) is 15.3 Å². The molecule has 3 rings (SSSR count). The summed E-state index contributed by atoms with van der Waals surface area (Å²) in [7, 11) is 0. The molecule has 0 aromatic heterocycles. The van der Waals surface area contributed by atoms with E-state index in [0.717, 1.165) is 24.9 Å². The molecule has 1 atom stereocenters. The third-order valence-electron chi connectivity index (χ3n) is 5.23. The van der Waals surface area contributed by atoms with Crippen LogP contribution in [0.3, 0.4) is 0 Å². The molecule has 0 spiro atoms. The number of hydrogen-bond donors (Lipinski definition) is 1. The van der Waals surface area contributed by atoms with Crippen LogP contribution in [-0.4, -0.2) is 48.3 Å². The largest absolute Gasteiger partial charge is 0.444 e. The van der Waals surface area contributed by atoms with E-state index >= 15 is 0 Å². The predicted molar refractivity (Wildman–Crippen MR) is 106 cm³/mol. The van der Waals surface area contributed by atoms with Gasteiger partial charge in [0.25, 0.3) is 0 Å². The van der Waals surface area contributed by atoms with E-state index in [1.54, 1.807) is 4.90 Å². The average molecular weight is 373 g/mol. The van der Waals surface area contributed by atoms with Gasteiger partial charge in [-0.05, 0) is 64.5 Å². The molecule has 1 fully saturated rings. The third-order valence-corrected chi connectivity index (χ3v) is 5.23. The zero-order valence-corrected chi connectivity index (χ0v) is 16.8. The minimum Gasteiger partial charge on any atom is -0.444 e. The van der Waals surface area contributed by atoms with Gasteiger partial charge in [0.1, 0.15) is 5.60 Å². The van der Waals surface area contributed by atoms with Crippen molar-refractivity contribution in [1.82, 2.24) is 10.2 Å². The molecule has 2 heterocycles. The highest BCUT2D eigenvalue weighted by atomic mass is 16.6. The fraction of sp³-hybridized carbons (Fsp3) is 0.619. The predicted octanol–water partition coefficient (Wildman–Crippen LogP) is 3.79. The van der Waals surface area contributed by atoms with E-state index in [1.165, 1.54) is 5.56 Å². The lowest BCUT2D eigenvalue weighted by atomic mass is 9.97. The summed E-state index contributed by atoms with van der Waals surface area (Å²) in [6, 6.07) is 8.25. The summed E-state index contributed by atoms with van der Waals surface area (Å²) in [4.78, 5) is 28.5. The number of hydrogen-bond acceptors (Lipinski definition) is 3. The topological polar surface area (TPSA) is 61.9 Å². The molecule has 2 aliphatic heterocycles. The molecule has 0 aliphatic carbocycles. The molecule has 0 bridgehead atoms. The Labute approximate surface area is 161 Å². The van der Waals surface area contributed by atoms with Gasteiger partial charge < -0.3 is 15.0 Å². The summed E-state index contributed by atoms with van der Waals surface area (Å²) in [5.74, 6) is 0.390. The number of carbonyl (C=O) groups is 2. The van der Waals surface area contributed by atoms with E-state index in [-0.39, 0.29) is 18.2 Å². The SMILES string of the molecule is CC1Cc2ccccc2N1C(=O)NCC1CCN(C(=O)OC(C)(C)C)CC1. The van der Waals surface area contributed by atoms with Gasteiger partial charge in [0.15, 0.2) is 0 Å². The highest BCUT2D eigenvalue weighted by Gasteiger charge is 2.31. The van der Waals surface area contributed by atoms with E-state index in [0.29, 0.717) is 25.6 Å². The fourth-order valence-corrected chi connectivity index (χ4v) is 3.84. The van der Waals surface area contributed by atoms with Crippen LogP contribution >= 0.6 is 0 Å². The number of amides is 3. The Morgan fingerprint density at radius 3 is 2.52 bits per heavy atom. The Hall–Kier alpha value is -2.24. The molecule has 2 aliphatic rings. The number of nitrogens with zero attached hydrogens (tertiary/aromatic N) is 2. The maximum atomic E-state index is 12.7. The molecule has 6 heteroatoms. The van der Waals surface area contributed by atoms with Crippen LogP contribution in [0, 0.1) is 5.92 Å². The van der Waals surface area contributed by atoms with Crippen molar-refractivity contribution < 1.29 is 14.3 Å². The first-order valence-electron chi connectivity index (χ1n) is 9.87. The summed E-state index contributed by atoms with van der Waals surface area (Å²) < 4.78 is 5.43. The van der Waals surface area contributed by atoms with Crippen LogP contribution in [0.2, 0.25) is 0 Å². The first-order valence-corrected chi connectivity index (χ1v) is 9.87. The Morgan fingerprint density at radius 1 is 1.19 bits per heavy atom. The third kappa shape index (κ3) is 4.73. The molecule has 27 heavy (non-hydrogen) atoms. The standard InChI is InChI=1S/C21H31N3O3/c1-15-13-17-7-5-6-8-18(17)24(15)19(25)22-14-16-9-11-23(12-10-16)20(26)27-21(2,3)4/h5-8,15-16H,9-14H2,1-4H3,(H,22,25). The van der Waals surface area contributed by atoms with Crippen molar-refractivity contribution >= 4 is 17.8 Å². The van der Waals surface area contributed by atoms with Gasteiger partial charge in [-0.2, -0.15) is 0 Å². The summed E-state index contributed by atoms with van der Waals surface area (Å²) >= 11 is 0. The number of ether oxygens (including phenoxy) is 1. The second kappa shape index (κ2) is 7.79. The number of fused-ring (bicyclic) bond motifs is 1. The molecule has 1 aromatic rings. The maximum Gasteiger partial charge on any atom is 0.410 e. The highest BCUT2D eigenvalue weighted by Crippen LogP contribution is 2.31. The lowest BCUT2D eigenvalue weighted by Crippen LogP contribution is -2.47. The van der Waals surface area contributed by atoms with Crippen LogP contribution in [0.15, 0.2) is 24.3 Å². The number of piperidine rings is 1. The number of rotatable bonds is 2. The van der Waals surface area contributed by atoms with Crippen molar-refractivity contribution in [3.63, 3.8) is 0 Å². The Balaban J connectivity index is 1.47. The van der Waals surface area contributed by atoms with Gasteiger partial charge in [0.2, 0.25) is 0 Å². The van der Waals surface area contributed by atoms with Gasteiger partial charge in [0, 0.05) is 31.4 Å². The maximum absolute atomic E-state index is 12.7. The number of nitrogens with one attached hydrogen (secondary N) is 1. The molecular weight excluding hydrogens is 342 g/mol. The fourth-order valence-electron chi connectivity index (χ4n) is 3.84. The second-order valence-electron chi connectivity index (χ2n) is 8.65. The number of benzene rings is 1. The quantitative estimate of drug-likeness (QED) is 0.858. The van der Waals surface area contributed by atoms with Gasteiger partial charge in [-0.3, -0.25) is 4.90 Å². The number of para-hydroxylation sites is 1. The van der Waals surface area contributed by atoms with E-state index in [4.69, 9.17) is 4.74 Å². The van der Waals surface area contributed by atoms with Gasteiger partial charge in [-0.1, -0.05) is 18.2 Å². The minimum atomic E-state index is -0.468. The summed E-state index contributed by atoms with van der Waals surface area (Å²) in [6.07, 6.45) is 2.42. The first-order chi connectivity index (χ1) is 12.7. The van der Waals surface area contributed by atoms with Gasteiger partial charge >= 0.3 is 12.1 Å². The first kappa shape index (κ1) is 19.5. The number of anilines is 1. The van der Waals surface area contributed by atoms with Crippen LogP contribution < -0.4 is 10.2 Å². The van der Waals surface area contributed by atoms with Crippen molar-refractivity contribution in [3.8, 4) is 0 Å². The van der Waals surface area contributed by atoms with Crippen molar-refractivity contribution in [2.75, 3.05) is 24.5 Å². The summed E-state index contributed by atoms with van der Waals surface area (Å²) in [6.45, 7) is 9.72. The molecule has 1 unspecified atom stereocenters. The van der Waals surface area contributed by atoms with Gasteiger partial charge in [0.05, 0.1) is 0 Å². The van der Waals surface area contributed by atoms with Gasteiger partial charge in [-0.25, -0.2) is 9.59 Å². The summed E-state index contributed by atoms with van der Waals surface area (Å²) in [5.41, 5.74) is 1.78. The molecule has 1 N–H and O–H groups in total. The molecule has 6 nitrogen and oxygen atoms in total. The average Bonchev–Trinajstić information content (AvgIpc) is 2.94. The Bertz CT molecular complexity index is 690. The number of likely N-dealkylation sites (tertiary alicyclic amines) is 1. The molecular formula is C21H31N3O3. The normalized spacial score (nSPS) is 20.4. The molecule has 0 saturated carbocycles. The van der Waals surface area contributed by atoms with Crippen molar-refractivity contribution in [3.05, 3.63) is 29.8 Å². The van der Waals surface area contributed by atoms with Crippen LogP contribution in [0.5, 0.6) is 0 Å². The van der Waals surface area contributed by atoms with Crippen molar-refractivity contribution in [1.29, 1.82) is 0 Å². The second-order valence-corrected chi connectivity index (χ2v) is 8.65. The lowest BCUT2D eigenvalue weighted by Gasteiger charge is -2.34. The van der Waals surface area contributed by atoms with Crippen molar-refractivity contribution in [2.45, 2.75) is 58.6 Å². The van der Waals surface area contributed by atoms with Crippen LogP contribution in [0.1, 0.15) is 46.1 Å². The van der Waals surface area contributed by atoms with E-state index in [1.807, 2.05) is 43.9 Å². The molecule has 148 valence electrons. The minimum absolute atomic E-state index is 0.0259. The zero-order chi connectivity index (χ0) is 19.6. The molecule has 3 amide bonds. The lowest BCUT2D eigenvalue weighted by molar-refractivity contribution is 0.0184. The number of carbonyl (C=O) groups excluding carboxylic acids is 2. The highest BCUT2D eigenvalue weighted by molar-refractivity contribution is 5.94. The monoisotopic (exact) mass is 373 g/mol. The van der Waals surface area contributed by atoms with Crippen molar-refractivity contribution in [2.24, 2.45) is 5.92 Å². The summed E-state index contributed by atoms with van der Waals surface area (Å²) in [5, 5.41) is 3.10. The number of urea groups is 1.